The third-order valence-electron chi connectivity index (χ3n) is 8.54. The molecule has 0 radical (unpaired) electrons. The number of nitrogens with one attached hydrogen (secondary N) is 4. The number of aliphatic hydroxyl groups is 1. The maximum absolute atomic E-state index is 14.8. The minimum Gasteiger partial charge on any atom is -0.494 e. The number of methoxy groups -OCH3 is 1. The van der Waals surface area contributed by atoms with E-state index in [2.05, 4.69) is 31.2 Å². The van der Waals surface area contributed by atoms with Gasteiger partial charge in [0, 0.05) is 47.8 Å². The Hall–Kier alpha value is -4.62. The van der Waals surface area contributed by atoms with Crippen molar-refractivity contribution in [3.63, 3.8) is 0 Å². The van der Waals surface area contributed by atoms with Crippen LogP contribution in [0.4, 0.5) is 20.3 Å². The number of anilines is 2. The fourth-order valence-corrected chi connectivity index (χ4v) is 6.09. The van der Waals surface area contributed by atoms with Crippen molar-refractivity contribution in [3.8, 4) is 17.0 Å². The largest absolute Gasteiger partial charge is 0.494 e. The first kappa shape index (κ1) is 30.4. The molecule has 11 nitrogen and oxygen atoms in total. The van der Waals surface area contributed by atoms with Crippen LogP contribution in [0.2, 0.25) is 0 Å². The van der Waals surface area contributed by atoms with E-state index in [1.54, 1.807) is 22.7 Å². The molecule has 0 spiro atoms. The molecule has 2 aromatic carbocycles. The summed E-state index contributed by atoms with van der Waals surface area (Å²) in [6, 6.07) is 7.86. The molecule has 1 saturated carbocycles. The lowest BCUT2D eigenvalue weighted by Crippen LogP contribution is -2.48. The summed E-state index contributed by atoms with van der Waals surface area (Å²) in [4.78, 5) is 34.4. The summed E-state index contributed by atoms with van der Waals surface area (Å²) in [6.07, 6.45) is 7.58. The van der Waals surface area contributed by atoms with E-state index >= 15 is 0 Å². The van der Waals surface area contributed by atoms with E-state index in [-0.39, 0.29) is 41.3 Å². The molecule has 2 amide bonds. The van der Waals surface area contributed by atoms with Gasteiger partial charge >= 0.3 is 0 Å². The Morgan fingerprint density at radius 2 is 1.80 bits per heavy atom. The lowest BCUT2D eigenvalue weighted by Gasteiger charge is -2.30. The van der Waals surface area contributed by atoms with E-state index in [0.717, 1.165) is 31.2 Å². The van der Waals surface area contributed by atoms with Gasteiger partial charge in [0.15, 0.2) is 23.0 Å². The Morgan fingerprint density at radius 1 is 1.04 bits per heavy atom. The van der Waals surface area contributed by atoms with Crippen molar-refractivity contribution in [2.45, 2.75) is 63.3 Å². The molecule has 3 heterocycles. The van der Waals surface area contributed by atoms with Crippen LogP contribution in [0.25, 0.3) is 16.9 Å². The van der Waals surface area contributed by atoms with E-state index in [9.17, 15) is 23.5 Å². The first-order chi connectivity index (χ1) is 21.7. The molecule has 13 heteroatoms. The SMILES string of the molecule is COc1ccc(-c2cnc3c(Nc4ccc(C(=O)NC5CCC(NC(=O)C6CC(O)CN6)CC5)c(C)c4)nccn23)c(F)c1F. The molecule has 4 aromatic rings. The zero-order valence-corrected chi connectivity index (χ0v) is 24.9. The van der Waals surface area contributed by atoms with Gasteiger partial charge in [0.1, 0.15) is 0 Å². The highest BCUT2D eigenvalue weighted by Crippen LogP contribution is 2.32. The Bertz CT molecular complexity index is 1740. The first-order valence-corrected chi connectivity index (χ1v) is 15.0. The van der Waals surface area contributed by atoms with Crippen LogP contribution in [0.3, 0.4) is 0 Å². The number of amides is 2. The highest BCUT2D eigenvalue weighted by atomic mass is 19.2. The van der Waals surface area contributed by atoms with Gasteiger partial charge in [0.2, 0.25) is 11.7 Å². The molecule has 1 aliphatic heterocycles. The molecule has 1 saturated heterocycles. The summed E-state index contributed by atoms with van der Waals surface area (Å²) in [6.45, 7) is 2.28. The van der Waals surface area contributed by atoms with Crippen molar-refractivity contribution in [3.05, 3.63) is 71.7 Å². The molecule has 0 bridgehead atoms. The van der Waals surface area contributed by atoms with Gasteiger partial charge in [-0.1, -0.05) is 0 Å². The number of benzene rings is 2. The quantitative estimate of drug-likeness (QED) is 0.202. The number of carbonyl (C=O) groups excluding carboxylic acids is 2. The van der Waals surface area contributed by atoms with Crippen molar-refractivity contribution in [1.29, 1.82) is 0 Å². The fourth-order valence-electron chi connectivity index (χ4n) is 6.09. The highest BCUT2D eigenvalue weighted by molar-refractivity contribution is 5.96. The Balaban J connectivity index is 1.08. The number of halogens is 2. The van der Waals surface area contributed by atoms with Gasteiger partial charge in [-0.2, -0.15) is 4.39 Å². The van der Waals surface area contributed by atoms with Crippen LogP contribution in [0.15, 0.2) is 48.9 Å². The second-order valence-corrected chi connectivity index (χ2v) is 11.6. The average molecular weight is 620 g/mol. The van der Waals surface area contributed by atoms with Crippen LogP contribution in [0, 0.1) is 18.6 Å². The number of hydrogen-bond acceptors (Lipinski definition) is 8. The minimum atomic E-state index is -1.08. The zero-order chi connectivity index (χ0) is 31.7. The summed E-state index contributed by atoms with van der Waals surface area (Å²) in [5, 5.41) is 22.1. The number of aryl methyl sites for hydroxylation is 1. The average Bonchev–Trinajstić information content (AvgIpc) is 3.67. The van der Waals surface area contributed by atoms with Crippen LogP contribution in [-0.2, 0) is 4.79 Å². The molecule has 45 heavy (non-hydrogen) atoms. The number of ether oxygens (including phenoxy) is 1. The van der Waals surface area contributed by atoms with Crippen LogP contribution in [-0.4, -0.2) is 69.2 Å². The van der Waals surface area contributed by atoms with Crippen LogP contribution >= 0.6 is 0 Å². The molecule has 6 rings (SSSR count). The van der Waals surface area contributed by atoms with Crippen molar-refractivity contribution in [2.75, 3.05) is 19.0 Å². The van der Waals surface area contributed by atoms with Crippen LogP contribution in [0.1, 0.15) is 48.0 Å². The minimum absolute atomic E-state index is 0.00901. The second-order valence-electron chi connectivity index (χ2n) is 11.6. The van der Waals surface area contributed by atoms with E-state index in [0.29, 0.717) is 41.4 Å². The smallest absolute Gasteiger partial charge is 0.251 e. The van der Waals surface area contributed by atoms with Crippen molar-refractivity contribution in [1.82, 2.24) is 30.3 Å². The zero-order valence-electron chi connectivity index (χ0n) is 24.9. The molecule has 5 N–H and O–H groups in total. The first-order valence-electron chi connectivity index (χ1n) is 15.0. The third-order valence-corrected chi connectivity index (χ3v) is 8.54. The maximum Gasteiger partial charge on any atom is 0.251 e. The van der Waals surface area contributed by atoms with Crippen LogP contribution < -0.4 is 26.0 Å². The van der Waals surface area contributed by atoms with Crippen molar-refractivity contribution >= 4 is 29.0 Å². The Labute approximate surface area is 258 Å². The molecule has 2 unspecified atom stereocenters. The molecular weight excluding hydrogens is 584 g/mol. The van der Waals surface area contributed by atoms with Gasteiger partial charge in [0.25, 0.3) is 5.91 Å². The van der Waals surface area contributed by atoms with Crippen LogP contribution in [0.5, 0.6) is 5.75 Å². The number of nitrogens with zero attached hydrogens (tertiary/aromatic N) is 3. The molecule has 2 aliphatic rings. The summed E-state index contributed by atoms with van der Waals surface area (Å²) < 4.78 is 35.7. The molecule has 2 aromatic heterocycles. The third kappa shape index (κ3) is 6.31. The molecular formula is C32H35F2N7O4. The molecule has 2 atom stereocenters. The summed E-state index contributed by atoms with van der Waals surface area (Å²) in [7, 11) is 1.27. The standard InChI is InChI=1S/C32H35F2N7O4/c1-17-13-20(38-29-30-37-16-25(41(30)12-11-35-29)23-9-10-26(45-2)28(34)27(23)33)7-8-22(17)31(43)39-18-3-5-19(6-4-18)40-32(44)24-14-21(42)15-36-24/h7-13,16,18-19,21,24,36,42H,3-6,14-15H2,1-2H3,(H,35,38)(H,39,43)(H,40,44). The predicted octanol–water partition coefficient (Wildman–Crippen LogP) is 3.62. The lowest BCUT2D eigenvalue weighted by molar-refractivity contribution is -0.123. The van der Waals surface area contributed by atoms with Crippen molar-refractivity contribution in [2.24, 2.45) is 0 Å². The van der Waals surface area contributed by atoms with E-state index in [4.69, 9.17) is 4.74 Å². The molecule has 236 valence electrons. The van der Waals surface area contributed by atoms with E-state index in [1.165, 1.54) is 31.6 Å². The van der Waals surface area contributed by atoms with Gasteiger partial charge in [-0.25, -0.2) is 14.4 Å². The second kappa shape index (κ2) is 12.8. The Kier molecular flexibility index (Phi) is 8.63. The van der Waals surface area contributed by atoms with Gasteiger partial charge in [-0.15, -0.1) is 0 Å². The number of hydrogen-bond donors (Lipinski definition) is 5. The summed E-state index contributed by atoms with van der Waals surface area (Å²) in [5.74, 6) is -2.14. The molecule has 1 aliphatic carbocycles. The summed E-state index contributed by atoms with van der Waals surface area (Å²) in [5.41, 5.74) is 2.77. The van der Waals surface area contributed by atoms with E-state index < -0.39 is 17.7 Å². The number of rotatable bonds is 8. The van der Waals surface area contributed by atoms with Crippen molar-refractivity contribution < 1.29 is 28.2 Å². The molecule has 2 fully saturated rings. The predicted molar refractivity (Wildman–Crippen MR) is 163 cm³/mol. The monoisotopic (exact) mass is 619 g/mol. The fraction of sp³-hybridized carbons (Fsp3) is 0.375. The number of aliphatic hydroxyl groups excluding tert-OH is 1. The van der Waals surface area contributed by atoms with Gasteiger partial charge in [0.05, 0.1) is 31.1 Å². The number of β-amino-alcohol motifs (C(OH)–C–C–N with tert-alkyl or cyclic N) is 1. The number of imidazole rings is 1. The topological polar surface area (TPSA) is 142 Å². The number of aromatic nitrogens is 3. The van der Waals surface area contributed by atoms with Gasteiger partial charge in [-0.05, 0) is 74.9 Å². The lowest BCUT2D eigenvalue weighted by atomic mass is 9.90. The number of fused-ring (bicyclic) bond motifs is 1. The van der Waals surface area contributed by atoms with Gasteiger partial charge in [-0.3, -0.25) is 14.0 Å². The van der Waals surface area contributed by atoms with Gasteiger partial charge < -0.3 is 31.1 Å². The number of carbonyl (C=O) groups is 2. The van der Waals surface area contributed by atoms with E-state index in [1.807, 2.05) is 13.0 Å². The normalized spacial score (nSPS) is 21.4. The highest BCUT2D eigenvalue weighted by Gasteiger charge is 2.31. The maximum atomic E-state index is 14.8. The Morgan fingerprint density at radius 3 is 2.49 bits per heavy atom. The summed E-state index contributed by atoms with van der Waals surface area (Å²) >= 11 is 0.